The molecule has 1 heterocycles. The van der Waals surface area contributed by atoms with Crippen LogP contribution in [0.15, 0.2) is 18.3 Å². The van der Waals surface area contributed by atoms with E-state index < -0.39 is 5.97 Å². The van der Waals surface area contributed by atoms with Crippen molar-refractivity contribution in [1.29, 1.82) is 5.26 Å². The first kappa shape index (κ1) is 11.0. The van der Waals surface area contributed by atoms with E-state index in [-0.39, 0.29) is 6.61 Å². The van der Waals surface area contributed by atoms with Gasteiger partial charge >= 0.3 is 5.97 Å². The Bertz CT molecular complexity index is 367. The summed E-state index contributed by atoms with van der Waals surface area (Å²) in [5.74, 6) is -0.147. The second-order valence-corrected chi connectivity index (χ2v) is 2.59. The van der Waals surface area contributed by atoms with E-state index in [9.17, 15) is 4.79 Å². The predicted octanol–water partition coefficient (Wildman–Crippen LogP) is 0.895. The number of hydrogen-bond donors (Lipinski definition) is 0. The third-order valence-corrected chi connectivity index (χ3v) is 1.51. The number of ether oxygens (including phenoxy) is 2. The summed E-state index contributed by atoms with van der Waals surface area (Å²) in [7, 11) is 0. The highest BCUT2D eigenvalue weighted by molar-refractivity contribution is 5.70. The molecule has 0 spiro atoms. The summed E-state index contributed by atoms with van der Waals surface area (Å²) in [4.78, 5) is 14.7. The van der Waals surface area contributed by atoms with E-state index in [4.69, 9.17) is 10.00 Å². The second-order valence-electron chi connectivity index (χ2n) is 2.59. The first-order valence-corrected chi connectivity index (χ1v) is 4.41. The molecular formula is C10H10N2O3. The van der Waals surface area contributed by atoms with Crippen LogP contribution in [0.5, 0.6) is 5.88 Å². The van der Waals surface area contributed by atoms with Crippen molar-refractivity contribution in [2.24, 2.45) is 0 Å². The van der Waals surface area contributed by atoms with Crippen molar-refractivity contribution in [1.82, 2.24) is 4.98 Å². The highest BCUT2D eigenvalue weighted by Gasteiger charge is 2.03. The third-order valence-electron chi connectivity index (χ3n) is 1.51. The van der Waals surface area contributed by atoms with Crippen LogP contribution in [0.3, 0.4) is 0 Å². The lowest BCUT2D eigenvalue weighted by Crippen LogP contribution is -2.14. The molecule has 0 aliphatic rings. The number of nitrogens with zero attached hydrogens (tertiary/aromatic N) is 2. The largest absolute Gasteiger partial charge is 0.466 e. The number of carbonyl (C=O) groups excluding carboxylic acids is 1. The van der Waals surface area contributed by atoms with Crippen LogP contribution in [0.1, 0.15) is 12.5 Å². The molecule has 0 aromatic carbocycles. The molecule has 0 unspecified atom stereocenters. The number of esters is 1. The summed E-state index contributed by atoms with van der Waals surface area (Å²) < 4.78 is 9.69. The van der Waals surface area contributed by atoms with Gasteiger partial charge in [0.15, 0.2) is 6.61 Å². The molecule has 0 aliphatic carbocycles. The Kier molecular flexibility index (Phi) is 4.10. The van der Waals surface area contributed by atoms with Gasteiger partial charge in [0.2, 0.25) is 5.88 Å². The van der Waals surface area contributed by atoms with E-state index in [1.807, 2.05) is 6.07 Å². The summed E-state index contributed by atoms with van der Waals surface area (Å²) in [6, 6.07) is 5.02. The number of carbonyl (C=O) groups is 1. The number of nitriles is 1. The highest BCUT2D eigenvalue weighted by atomic mass is 16.6. The van der Waals surface area contributed by atoms with E-state index in [1.54, 1.807) is 13.0 Å². The van der Waals surface area contributed by atoms with Gasteiger partial charge in [-0.25, -0.2) is 9.78 Å². The van der Waals surface area contributed by atoms with E-state index in [1.165, 1.54) is 12.3 Å². The Morgan fingerprint density at radius 1 is 1.60 bits per heavy atom. The molecule has 0 N–H and O–H groups in total. The fourth-order valence-electron chi connectivity index (χ4n) is 0.867. The number of pyridine rings is 1. The van der Waals surface area contributed by atoms with Crippen LogP contribution in [0.2, 0.25) is 0 Å². The average Bonchev–Trinajstić information content (AvgIpc) is 2.27. The molecule has 1 aromatic heterocycles. The molecule has 0 aliphatic heterocycles. The van der Waals surface area contributed by atoms with E-state index in [2.05, 4.69) is 9.72 Å². The third kappa shape index (κ3) is 3.65. The van der Waals surface area contributed by atoms with Crippen molar-refractivity contribution >= 4 is 5.97 Å². The molecule has 0 amide bonds. The first-order chi connectivity index (χ1) is 7.26. The minimum absolute atomic E-state index is 0.174. The predicted molar refractivity (Wildman–Crippen MR) is 51.1 cm³/mol. The van der Waals surface area contributed by atoms with Crippen LogP contribution in [0.25, 0.3) is 0 Å². The lowest BCUT2D eigenvalue weighted by Gasteiger charge is -2.03. The average molecular weight is 206 g/mol. The number of hydrogen-bond acceptors (Lipinski definition) is 5. The Balaban J connectivity index is 2.45. The zero-order valence-electron chi connectivity index (χ0n) is 8.27. The zero-order valence-corrected chi connectivity index (χ0v) is 8.27. The monoisotopic (exact) mass is 206 g/mol. The highest BCUT2D eigenvalue weighted by Crippen LogP contribution is 2.06. The van der Waals surface area contributed by atoms with Crippen molar-refractivity contribution in [2.75, 3.05) is 13.2 Å². The van der Waals surface area contributed by atoms with Crippen molar-refractivity contribution in [2.45, 2.75) is 6.92 Å². The van der Waals surface area contributed by atoms with Gasteiger partial charge in [-0.1, -0.05) is 0 Å². The Hall–Kier alpha value is -2.09. The van der Waals surface area contributed by atoms with Crippen LogP contribution >= 0.6 is 0 Å². The van der Waals surface area contributed by atoms with Gasteiger partial charge in [-0.15, -0.1) is 0 Å². The topological polar surface area (TPSA) is 72.2 Å². The van der Waals surface area contributed by atoms with Gasteiger partial charge < -0.3 is 9.47 Å². The van der Waals surface area contributed by atoms with Gasteiger partial charge in [0.1, 0.15) is 6.07 Å². The maximum absolute atomic E-state index is 10.9. The molecule has 1 aromatic rings. The smallest absolute Gasteiger partial charge is 0.344 e. The molecule has 1 rings (SSSR count). The van der Waals surface area contributed by atoms with Crippen molar-refractivity contribution < 1.29 is 14.3 Å². The van der Waals surface area contributed by atoms with Gasteiger partial charge in [0.25, 0.3) is 0 Å². The second kappa shape index (κ2) is 5.60. The Labute approximate surface area is 87.3 Å². The SMILES string of the molecule is CCOC(=O)COc1ccc(C#N)cn1. The first-order valence-electron chi connectivity index (χ1n) is 4.41. The molecule has 0 saturated carbocycles. The van der Waals surface area contributed by atoms with Crippen LogP contribution in [0, 0.1) is 11.3 Å². The van der Waals surface area contributed by atoms with Crippen LogP contribution in [0.4, 0.5) is 0 Å². The lowest BCUT2D eigenvalue weighted by atomic mass is 10.3. The van der Waals surface area contributed by atoms with Gasteiger partial charge in [-0.3, -0.25) is 0 Å². The normalized spacial score (nSPS) is 9.07. The molecule has 0 saturated heterocycles. The van der Waals surface area contributed by atoms with Crippen molar-refractivity contribution in [3.63, 3.8) is 0 Å². The minimum atomic E-state index is -0.441. The molecule has 15 heavy (non-hydrogen) atoms. The zero-order chi connectivity index (χ0) is 11.1. The maximum Gasteiger partial charge on any atom is 0.344 e. The maximum atomic E-state index is 10.9. The summed E-state index contributed by atoms with van der Waals surface area (Å²) in [6.45, 7) is 1.87. The molecule has 0 fully saturated rings. The fraction of sp³-hybridized carbons (Fsp3) is 0.300. The van der Waals surface area contributed by atoms with Gasteiger partial charge in [-0.2, -0.15) is 5.26 Å². The molecule has 0 atom stereocenters. The summed E-state index contributed by atoms with van der Waals surface area (Å²) in [5, 5.41) is 8.51. The summed E-state index contributed by atoms with van der Waals surface area (Å²) >= 11 is 0. The molecule has 78 valence electrons. The van der Waals surface area contributed by atoms with Crippen LogP contribution in [-0.2, 0) is 9.53 Å². The van der Waals surface area contributed by atoms with E-state index in [0.29, 0.717) is 18.1 Å². The molecular weight excluding hydrogens is 196 g/mol. The Morgan fingerprint density at radius 3 is 2.93 bits per heavy atom. The van der Waals surface area contributed by atoms with Crippen molar-refractivity contribution in [3.05, 3.63) is 23.9 Å². The Morgan fingerprint density at radius 2 is 2.40 bits per heavy atom. The van der Waals surface area contributed by atoms with Crippen LogP contribution < -0.4 is 4.74 Å². The van der Waals surface area contributed by atoms with Gasteiger partial charge in [-0.05, 0) is 13.0 Å². The van der Waals surface area contributed by atoms with Gasteiger partial charge in [0, 0.05) is 12.3 Å². The van der Waals surface area contributed by atoms with E-state index in [0.717, 1.165) is 0 Å². The quantitative estimate of drug-likeness (QED) is 0.684. The minimum Gasteiger partial charge on any atom is -0.466 e. The molecule has 5 heteroatoms. The van der Waals surface area contributed by atoms with Gasteiger partial charge in [0.05, 0.1) is 12.2 Å². The molecule has 5 nitrogen and oxygen atoms in total. The molecule has 0 bridgehead atoms. The fourth-order valence-corrected chi connectivity index (χ4v) is 0.867. The van der Waals surface area contributed by atoms with Crippen LogP contribution in [-0.4, -0.2) is 24.2 Å². The molecule has 0 radical (unpaired) electrons. The summed E-state index contributed by atoms with van der Waals surface area (Å²) in [6.07, 6.45) is 1.38. The standard InChI is InChI=1S/C10H10N2O3/c1-2-14-10(13)7-15-9-4-3-8(5-11)6-12-9/h3-4,6H,2,7H2,1H3. The number of aromatic nitrogens is 1. The lowest BCUT2D eigenvalue weighted by molar-refractivity contribution is -0.145. The van der Waals surface area contributed by atoms with Crippen molar-refractivity contribution in [3.8, 4) is 11.9 Å². The van der Waals surface area contributed by atoms with E-state index >= 15 is 0 Å². The number of rotatable bonds is 4. The summed E-state index contributed by atoms with van der Waals surface area (Å²) in [5.41, 5.74) is 0.443.